The van der Waals surface area contributed by atoms with Gasteiger partial charge in [-0.05, 0) is 24.1 Å². The number of nitrogens with one attached hydrogen (secondary N) is 1. The number of rotatable bonds is 6. The summed E-state index contributed by atoms with van der Waals surface area (Å²) in [6.07, 6.45) is 0.689. The van der Waals surface area contributed by atoms with E-state index in [1.165, 1.54) is 17.7 Å². The summed E-state index contributed by atoms with van der Waals surface area (Å²) < 4.78 is 0. The Hall–Kier alpha value is -1.91. The second kappa shape index (κ2) is 7.20. The van der Waals surface area contributed by atoms with Crippen molar-refractivity contribution in [1.82, 2.24) is 5.32 Å². The van der Waals surface area contributed by atoms with E-state index < -0.39 is 4.92 Å². The largest absolute Gasteiger partial charge is 0.310 e. The van der Waals surface area contributed by atoms with Crippen LogP contribution in [0.25, 0.3) is 0 Å². The van der Waals surface area contributed by atoms with E-state index in [4.69, 9.17) is 11.6 Å². The number of hydrogen-bond acceptors (Lipinski definition) is 3. The molecule has 1 atom stereocenters. The minimum absolute atomic E-state index is 0.0171. The van der Waals surface area contributed by atoms with Crippen molar-refractivity contribution in [2.75, 3.05) is 6.54 Å². The third-order valence-electron chi connectivity index (χ3n) is 3.32. The summed E-state index contributed by atoms with van der Waals surface area (Å²) in [5.41, 5.74) is 2.09. The second-order valence-electron chi connectivity index (χ2n) is 4.76. The van der Waals surface area contributed by atoms with Crippen LogP contribution < -0.4 is 5.32 Å². The minimum Gasteiger partial charge on any atom is -0.310 e. The van der Waals surface area contributed by atoms with Gasteiger partial charge in [0.25, 0.3) is 5.69 Å². The highest BCUT2D eigenvalue weighted by molar-refractivity contribution is 6.31. The SMILES string of the molecule is CCNC(Cc1ccc([N+](=O)[O-])cc1Cl)c1ccccc1. The van der Waals surface area contributed by atoms with Crippen LogP contribution in [-0.4, -0.2) is 11.5 Å². The lowest BCUT2D eigenvalue weighted by molar-refractivity contribution is -0.384. The summed E-state index contributed by atoms with van der Waals surface area (Å²) in [5.74, 6) is 0. The molecular weight excluding hydrogens is 288 g/mol. The number of nitrogens with zero attached hydrogens (tertiary/aromatic N) is 1. The molecule has 2 aromatic carbocycles. The smallest absolute Gasteiger partial charge is 0.270 e. The maximum absolute atomic E-state index is 10.7. The predicted octanol–water partition coefficient (Wildman–Crippen LogP) is 4.14. The van der Waals surface area contributed by atoms with E-state index >= 15 is 0 Å². The van der Waals surface area contributed by atoms with Crippen molar-refractivity contribution in [2.45, 2.75) is 19.4 Å². The van der Waals surface area contributed by atoms with Crippen molar-refractivity contribution >= 4 is 17.3 Å². The van der Waals surface area contributed by atoms with E-state index in [2.05, 4.69) is 17.4 Å². The summed E-state index contributed by atoms with van der Waals surface area (Å²) in [7, 11) is 0. The summed E-state index contributed by atoms with van der Waals surface area (Å²) in [6.45, 7) is 2.89. The molecule has 0 aromatic heterocycles. The van der Waals surface area contributed by atoms with E-state index in [0.717, 1.165) is 12.1 Å². The number of likely N-dealkylation sites (N-methyl/N-ethyl adjacent to an activating group) is 1. The summed E-state index contributed by atoms with van der Waals surface area (Å²) in [4.78, 5) is 10.3. The molecule has 21 heavy (non-hydrogen) atoms. The number of benzene rings is 2. The Bertz CT molecular complexity index is 617. The molecule has 1 unspecified atom stereocenters. The van der Waals surface area contributed by atoms with Crippen LogP contribution in [0.5, 0.6) is 0 Å². The van der Waals surface area contributed by atoms with Gasteiger partial charge in [-0.15, -0.1) is 0 Å². The van der Waals surface area contributed by atoms with Crippen LogP contribution >= 0.6 is 11.6 Å². The Labute approximate surface area is 128 Å². The second-order valence-corrected chi connectivity index (χ2v) is 5.17. The molecule has 0 aliphatic rings. The molecule has 0 spiro atoms. The quantitative estimate of drug-likeness (QED) is 0.644. The van der Waals surface area contributed by atoms with Gasteiger partial charge in [-0.3, -0.25) is 10.1 Å². The third-order valence-corrected chi connectivity index (χ3v) is 3.68. The van der Waals surface area contributed by atoms with Gasteiger partial charge in [0, 0.05) is 18.2 Å². The average Bonchev–Trinajstić information content (AvgIpc) is 2.49. The molecule has 0 saturated heterocycles. The first-order valence-electron chi connectivity index (χ1n) is 6.83. The van der Waals surface area contributed by atoms with Gasteiger partial charge in [0.1, 0.15) is 0 Å². The van der Waals surface area contributed by atoms with Crippen molar-refractivity contribution in [3.63, 3.8) is 0 Å². The lowest BCUT2D eigenvalue weighted by Crippen LogP contribution is -2.23. The zero-order chi connectivity index (χ0) is 15.2. The van der Waals surface area contributed by atoms with Crippen LogP contribution in [0.4, 0.5) is 5.69 Å². The topological polar surface area (TPSA) is 55.2 Å². The van der Waals surface area contributed by atoms with Crippen LogP contribution in [-0.2, 0) is 6.42 Å². The summed E-state index contributed by atoms with van der Waals surface area (Å²) >= 11 is 6.17. The first-order valence-corrected chi connectivity index (χ1v) is 7.20. The Morgan fingerprint density at radius 2 is 1.95 bits per heavy atom. The van der Waals surface area contributed by atoms with Crippen LogP contribution in [0.2, 0.25) is 5.02 Å². The monoisotopic (exact) mass is 304 g/mol. The van der Waals surface area contributed by atoms with Crippen molar-refractivity contribution in [3.8, 4) is 0 Å². The standard InChI is InChI=1S/C16H17ClN2O2/c1-2-18-16(12-6-4-3-5-7-12)10-13-8-9-14(19(20)21)11-15(13)17/h3-9,11,16,18H,2,10H2,1H3. The van der Waals surface area contributed by atoms with Gasteiger partial charge < -0.3 is 5.32 Å². The van der Waals surface area contributed by atoms with Gasteiger partial charge in [-0.25, -0.2) is 0 Å². The lowest BCUT2D eigenvalue weighted by Gasteiger charge is -2.19. The number of hydrogen-bond donors (Lipinski definition) is 1. The van der Waals surface area contributed by atoms with Gasteiger partial charge in [-0.1, -0.05) is 54.9 Å². The zero-order valence-corrected chi connectivity index (χ0v) is 12.5. The minimum atomic E-state index is -0.436. The van der Waals surface area contributed by atoms with Crippen LogP contribution in [0.3, 0.4) is 0 Å². The molecule has 0 aliphatic carbocycles. The summed E-state index contributed by atoms with van der Waals surface area (Å²) in [6, 6.07) is 14.9. The van der Waals surface area contributed by atoms with E-state index in [-0.39, 0.29) is 11.7 Å². The van der Waals surface area contributed by atoms with E-state index in [9.17, 15) is 10.1 Å². The van der Waals surface area contributed by atoms with Crippen molar-refractivity contribution in [3.05, 3.63) is 74.8 Å². The maximum atomic E-state index is 10.7. The molecule has 0 bridgehead atoms. The molecule has 0 fully saturated rings. The highest BCUT2D eigenvalue weighted by atomic mass is 35.5. The van der Waals surface area contributed by atoms with Gasteiger partial charge in [-0.2, -0.15) is 0 Å². The molecule has 0 radical (unpaired) electrons. The van der Waals surface area contributed by atoms with Gasteiger partial charge in [0.05, 0.1) is 9.95 Å². The molecule has 2 rings (SSSR count). The van der Waals surface area contributed by atoms with Gasteiger partial charge in [0.2, 0.25) is 0 Å². The molecular formula is C16H17ClN2O2. The van der Waals surface area contributed by atoms with E-state index in [1.807, 2.05) is 25.1 Å². The molecule has 110 valence electrons. The lowest BCUT2D eigenvalue weighted by atomic mass is 9.98. The first-order chi connectivity index (χ1) is 10.1. The molecule has 5 heteroatoms. The molecule has 1 N–H and O–H groups in total. The van der Waals surface area contributed by atoms with Crippen molar-refractivity contribution in [1.29, 1.82) is 0 Å². The fourth-order valence-corrected chi connectivity index (χ4v) is 2.53. The molecule has 0 saturated carbocycles. The molecule has 0 aliphatic heterocycles. The zero-order valence-electron chi connectivity index (χ0n) is 11.8. The van der Waals surface area contributed by atoms with Gasteiger partial charge in [0.15, 0.2) is 0 Å². The normalized spacial score (nSPS) is 12.1. The van der Waals surface area contributed by atoms with Crippen LogP contribution in [0.15, 0.2) is 48.5 Å². The van der Waals surface area contributed by atoms with Crippen molar-refractivity contribution in [2.24, 2.45) is 0 Å². The predicted molar refractivity (Wildman–Crippen MR) is 84.7 cm³/mol. The number of nitro benzene ring substituents is 1. The fraction of sp³-hybridized carbons (Fsp3) is 0.250. The highest BCUT2D eigenvalue weighted by Gasteiger charge is 2.15. The Kier molecular flexibility index (Phi) is 5.31. The Morgan fingerprint density at radius 1 is 1.24 bits per heavy atom. The number of non-ortho nitro benzene ring substituents is 1. The summed E-state index contributed by atoms with van der Waals surface area (Å²) in [5, 5.41) is 14.6. The van der Waals surface area contributed by atoms with Crippen molar-refractivity contribution < 1.29 is 4.92 Å². The maximum Gasteiger partial charge on any atom is 0.270 e. The molecule has 0 heterocycles. The van der Waals surface area contributed by atoms with Gasteiger partial charge >= 0.3 is 0 Å². The van der Waals surface area contributed by atoms with Crippen LogP contribution in [0, 0.1) is 10.1 Å². The third kappa shape index (κ3) is 4.03. The first kappa shape index (κ1) is 15.5. The fourth-order valence-electron chi connectivity index (χ4n) is 2.27. The molecule has 4 nitrogen and oxygen atoms in total. The Morgan fingerprint density at radius 3 is 2.52 bits per heavy atom. The number of halogens is 1. The Balaban J connectivity index is 2.23. The number of nitro groups is 1. The molecule has 0 amide bonds. The van der Waals surface area contributed by atoms with E-state index in [0.29, 0.717) is 11.4 Å². The molecule has 2 aromatic rings. The van der Waals surface area contributed by atoms with Crippen LogP contribution in [0.1, 0.15) is 24.1 Å². The van der Waals surface area contributed by atoms with E-state index in [1.54, 1.807) is 6.07 Å². The average molecular weight is 305 g/mol. The highest BCUT2D eigenvalue weighted by Crippen LogP contribution is 2.27.